The predicted octanol–water partition coefficient (Wildman–Crippen LogP) is 1.73. The van der Waals surface area contributed by atoms with Crippen LogP contribution < -0.4 is 16.0 Å². The van der Waals surface area contributed by atoms with E-state index in [-0.39, 0.29) is 6.04 Å². The third-order valence-corrected chi connectivity index (χ3v) is 3.61. The molecule has 104 valence electrons. The number of carbonyl (C=O) groups is 1. The van der Waals surface area contributed by atoms with Gasteiger partial charge in [-0.05, 0) is 18.1 Å². The Labute approximate surface area is 117 Å². The molecule has 0 spiro atoms. The van der Waals surface area contributed by atoms with Crippen molar-refractivity contribution in [1.82, 2.24) is 5.32 Å². The fourth-order valence-corrected chi connectivity index (χ4v) is 2.70. The first kappa shape index (κ1) is 14.0. The molecule has 1 amide bonds. The number of carbonyl (C=O) groups excluding carboxylic acids is 1. The first-order chi connectivity index (χ1) is 9.15. The van der Waals surface area contributed by atoms with Crippen LogP contribution in [0.1, 0.15) is 12.0 Å². The van der Waals surface area contributed by atoms with Crippen LogP contribution in [0.3, 0.4) is 0 Å². The number of amides is 1. The van der Waals surface area contributed by atoms with Gasteiger partial charge in [-0.15, -0.1) is 0 Å². The van der Waals surface area contributed by atoms with Gasteiger partial charge in [-0.25, -0.2) is 4.79 Å². The van der Waals surface area contributed by atoms with Crippen LogP contribution in [0.2, 0.25) is 5.02 Å². The summed E-state index contributed by atoms with van der Waals surface area (Å²) in [6, 6.07) is 5.81. The molecule has 1 fully saturated rings. The van der Waals surface area contributed by atoms with Crippen LogP contribution in [0.4, 0.5) is 10.5 Å². The van der Waals surface area contributed by atoms with Gasteiger partial charge in [-0.3, -0.25) is 0 Å². The van der Waals surface area contributed by atoms with Crippen molar-refractivity contribution in [2.75, 3.05) is 25.1 Å². The van der Waals surface area contributed by atoms with Crippen LogP contribution in [0.15, 0.2) is 18.2 Å². The molecule has 3 N–H and O–H groups in total. The number of anilines is 1. The van der Waals surface area contributed by atoms with Gasteiger partial charge in [0.15, 0.2) is 0 Å². The predicted molar refractivity (Wildman–Crippen MR) is 75.5 cm³/mol. The first-order valence-corrected chi connectivity index (χ1v) is 6.60. The zero-order valence-corrected chi connectivity index (χ0v) is 11.6. The van der Waals surface area contributed by atoms with Gasteiger partial charge < -0.3 is 20.7 Å². The first-order valence-electron chi connectivity index (χ1n) is 6.22. The van der Waals surface area contributed by atoms with E-state index in [1.54, 1.807) is 0 Å². The zero-order chi connectivity index (χ0) is 13.8. The molecule has 1 atom stereocenters. The summed E-state index contributed by atoms with van der Waals surface area (Å²) in [7, 11) is 1.36. The molecule has 19 heavy (non-hydrogen) atoms. The van der Waals surface area contributed by atoms with E-state index in [9.17, 15) is 4.79 Å². The Kier molecular flexibility index (Phi) is 4.50. The summed E-state index contributed by atoms with van der Waals surface area (Å²) >= 11 is 6.26. The number of ether oxygens (including phenoxy) is 1. The van der Waals surface area contributed by atoms with Crippen molar-refractivity contribution in [3.8, 4) is 0 Å². The lowest BCUT2D eigenvalue weighted by atomic mass is 10.1. The van der Waals surface area contributed by atoms with Gasteiger partial charge in [0, 0.05) is 19.6 Å². The summed E-state index contributed by atoms with van der Waals surface area (Å²) in [5.41, 5.74) is 7.74. The zero-order valence-electron chi connectivity index (χ0n) is 10.9. The molecule has 1 heterocycles. The van der Waals surface area contributed by atoms with Crippen LogP contribution in [-0.2, 0) is 11.3 Å². The third kappa shape index (κ3) is 3.11. The maximum Gasteiger partial charge on any atom is 0.407 e. The molecule has 1 unspecified atom stereocenters. The molecule has 6 heteroatoms. The lowest BCUT2D eigenvalue weighted by Gasteiger charge is -2.23. The minimum Gasteiger partial charge on any atom is -0.453 e. The Hall–Kier alpha value is -1.46. The molecule has 0 radical (unpaired) electrons. The number of alkyl carbamates (subject to hydrolysis) is 1. The van der Waals surface area contributed by atoms with Gasteiger partial charge >= 0.3 is 6.09 Å². The summed E-state index contributed by atoms with van der Waals surface area (Å²) < 4.78 is 4.61. The molecule has 5 nitrogen and oxygen atoms in total. The number of benzene rings is 1. The summed E-state index contributed by atoms with van der Waals surface area (Å²) in [6.07, 6.45) is 0.467. The summed E-state index contributed by atoms with van der Waals surface area (Å²) in [5.74, 6) is 0. The Morgan fingerprint density at radius 3 is 3.11 bits per heavy atom. The number of methoxy groups -OCH3 is 1. The second kappa shape index (κ2) is 6.12. The molecule has 1 saturated heterocycles. The van der Waals surface area contributed by atoms with Crippen molar-refractivity contribution in [2.24, 2.45) is 5.73 Å². The van der Waals surface area contributed by atoms with E-state index in [1.807, 2.05) is 18.2 Å². The highest BCUT2D eigenvalue weighted by atomic mass is 35.5. The van der Waals surface area contributed by atoms with Crippen LogP contribution >= 0.6 is 11.6 Å². The van der Waals surface area contributed by atoms with Gasteiger partial charge in [-0.1, -0.05) is 23.7 Å². The van der Waals surface area contributed by atoms with Crippen molar-refractivity contribution in [3.63, 3.8) is 0 Å². The third-order valence-electron chi connectivity index (χ3n) is 3.30. The number of hydrogen-bond acceptors (Lipinski definition) is 4. The molecule has 1 aromatic rings. The smallest absolute Gasteiger partial charge is 0.407 e. The molecule has 0 saturated carbocycles. The molecule has 1 aliphatic rings. The highest BCUT2D eigenvalue weighted by molar-refractivity contribution is 6.33. The maximum atomic E-state index is 11.2. The summed E-state index contributed by atoms with van der Waals surface area (Å²) in [5, 5.41) is 3.50. The fourth-order valence-electron chi connectivity index (χ4n) is 2.39. The van der Waals surface area contributed by atoms with E-state index in [2.05, 4.69) is 15.0 Å². The Bertz CT molecular complexity index is 467. The second-order valence-corrected chi connectivity index (χ2v) is 4.93. The average Bonchev–Trinajstić information content (AvgIpc) is 2.86. The quantitative estimate of drug-likeness (QED) is 0.887. The SMILES string of the molecule is COC(=O)NC1CCN(c2c(Cl)cccc2CN)C1. The highest BCUT2D eigenvalue weighted by Crippen LogP contribution is 2.32. The Morgan fingerprint density at radius 2 is 2.42 bits per heavy atom. The molecule has 1 aromatic carbocycles. The lowest BCUT2D eigenvalue weighted by molar-refractivity contribution is 0.167. The minimum absolute atomic E-state index is 0.0781. The van der Waals surface area contributed by atoms with Crippen molar-refractivity contribution in [2.45, 2.75) is 19.0 Å². The normalized spacial score (nSPS) is 18.5. The number of hydrogen-bond donors (Lipinski definition) is 2. The molecule has 0 aliphatic carbocycles. The van der Waals surface area contributed by atoms with Crippen LogP contribution in [0.5, 0.6) is 0 Å². The van der Waals surface area contributed by atoms with E-state index in [4.69, 9.17) is 17.3 Å². The topological polar surface area (TPSA) is 67.6 Å². The number of rotatable bonds is 3. The summed E-state index contributed by atoms with van der Waals surface area (Å²) in [6.45, 7) is 2.00. The van der Waals surface area contributed by atoms with Gasteiger partial charge in [0.1, 0.15) is 0 Å². The molecular weight excluding hydrogens is 266 g/mol. The van der Waals surface area contributed by atoms with Crippen molar-refractivity contribution in [1.29, 1.82) is 0 Å². The second-order valence-electron chi connectivity index (χ2n) is 4.52. The number of halogens is 1. The minimum atomic E-state index is -0.398. The summed E-state index contributed by atoms with van der Waals surface area (Å²) in [4.78, 5) is 13.4. The number of para-hydroxylation sites is 1. The van der Waals surface area contributed by atoms with Crippen molar-refractivity contribution >= 4 is 23.4 Å². The molecule has 2 rings (SSSR count). The van der Waals surface area contributed by atoms with E-state index in [1.165, 1.54) is 7.11 Å². The Morgan fingerprint density at radius 1 is 1.63 bits per heavy atom. The van der Waals surface area contributed by atoms with E-state index in [0.717, 1.165) is 24.2 Å². The van der Waals surface area contributed by atoms with Gasteiger partial charge in [0.05, 0.1) is 23.9 Å². The van der Waals surface area contributed by atoms with Gasteiger partial charge in [0.25, 0.3) is 0 Å². The number of nitrogens with one attached hydrogen (secondary N) is 1. The average molecular weight is 284 g/mol. The largest absolute Gasteiger partial charge is 0.453 e. The molecule has 0 aromatic heterocycles. The van der Waals surface area contributed by atoms with Crippen molar-refractivity contribution in [3.05, 3.63) is 28.8 Å². The Balaban J connectivity index is 2.10. The molecule has 1 aliphatic heterocycles. The standard InChI is InChI=1S/C13H18ClN3O2/c1-19-13(18)16-10-5-6-17(8-10)12-9(7-15)3-2-4-11(12)14/h2-4,10H,5-8,15H2,1H3,(H,16,18). The lowest BCUT2D eigenvalue weighted by Crippen LogP contribution is -2.37. The highest BCUT2D eigenvalue weighted by Gasteiger charge is 2.26. The van der Waals surface area contributed by atoms with E-state index in [0.29, 0.717) is 18.1 Å². The van der Waals surface area contributed by atoms with Crippen molar-refractivity contribution < 1.29 is 9.53 Å². The van der Waals surface area contributed by atoms with E-state index >= 15 is 0 Å². The van der Waals surface area contributed by atoms with Crippen LogP contribution in [0, 0.1) is 0 Å². The van der Waals surface area contributed by atoms with Crippen LogP contribution in [-0.4, -0.2) is 32.3 Å². The number of nitrogens with two attached hydrogens (primary N) is 1. The van der Waals surface area contributed by atoms with Crippen LogP contribution in [0.25, 0.3) is 0 Å². The monoisotopic (exact) mass is 283 g/mol. The van der Waals surface area contributed by atoms with Gasteiger partial charge in [0.2, 0.25) is 0 Å². The molecule has 0 bridgehead atoms. The van der Waals surface area contributed by atoms with E-state index < -0.39 is 6.09 Å². The number of nitrogens with zero attached hydrogens (tertiary/aromatic N) is 1. The maximum absolute atomic E-state index is 11.2. The fraction of sp³-hybridized carbons (Fsp3) is 0.462. The van der Waals surface area contributed by atoms with Gasteiger partial charge in [-0.2, -0.15) is 0 Å². The molecular formula is C13H18ClN3O2.